The van der Waals surface area contributed by atoms with Crippen LogP contribution in [0.2, 0.25) is 5.15 Å². The van der Waals surface area contributed by atoms with Gasteiger partial charge in [0.25, 0.3) is 10.0 Å². The van der Waals surface area contributed by atoms with E-state index in [0.29, 0.717) is 34.5 Å². The summed E-state index contributed by atoms with van der Waals surface area (Å²) in [6.07, 6.45) is 4.65. The van der Waals surface area contributed by atoms with Gasteiger partial charge in [-0.2, -0.15) is 0 Å². The topological polar surface area (TPSA) is 110 Å². The van der Waals surface area contributed by atoms with Crippen LogP contribution in [-0.4, -0.2) is 28.4 Å². The molecule has 0 amide bonds. The molecule has 0 aliphatic carbocycles. The van der Waals surface area contributed by atoms with E-state index in [-0.39, 0.29) is 10.8 Å². The van der Waals surface area contributed by atoms with Gasteiger partial charge in [0, 0.05) is 35.9 Å². The van der Waals surface area contributed by atoms with Crippen LogP contribution < -0.4 is 10.0 Å². The van der Waals surface area contributed by atoms with Gasteiger partial charge in [-0.3, -0.25) is 4.72 Å². The van der Waals surface area contributed by atoms with Gasteiger partial charge < -0.3 is 5.32 Å². The number of hydrogen-bond acceptors (Lipinski definition) is 7. The first-order valence-corrected chi connectivity index (χ1v) is 11.7. The number of nitrogens with one attached hydrogen (secondary N) is 2. The third-order valence-electron chi connectivity index (χ3n) is 4.82. The molecule has 0 atom stereocenters. The molecule has 174 valence electrons. The summed E-state index contributed by atoms with van der Waals surface area (Å²) >= 11 is 6.17. The Morgan fingerprint density at radius 2 is 1.74 bits per heavy atom. The number of sulfonamides is 1. The predicted molar refractivity (Wildman–Crippen MR) is 124 cm³/mol. The minimum atomic E-state index is -4.41. The van der Waals surface area contributed by atoms with E-state index in [2.05, 4.69) is 30.0 Å². The largest absolute Gasteiger partial charge is 0.309 e. The number of pyridine rings is 2. The van der Waals surface area contributed by atoms with Gasteiger partial charge in [0.1, 0.15) is 22.3 Å². The average molecular weight is 503 g/mol. The molecule has 3 heterocycles. The summed E-state index contributed by atoms with van der Waals surface area (Å²) in [6, 6.07) is 7.35. The molecule has 0 bridgehead atoms. The maximum atomic E-state index is 14.1. The lowest BCUT2D eigenvalue weighted by Gasteiger charge is -2.16. The number of nitrogens with zero attached hydrogens (tertiary/aromatic N) is 4. The third kappa shape index (κ3) is 4.95. The molecule has 2 N–H and O–H groups in total. The fraction of sp³-hybridized carbons (Fsp3) is 0.0909. The molecular weight excluding hydrogens is 486 g/mol. The molecule has 8 nitrogen and oxygen atoms in total. The number of anilines is 3. The van der Waals surface area contributed by atoms with Crippen molar-refractivity contribution in [1.82, 2.24) is 19.9 Å². The van der Waals surface area contributed by atoms with E-state index >= 15 is 0 Å². The van der Waals surface area contributed by atoms with Gasteiger partial charge in [-0.1, -0.05) is 11.6 Å². The van der Waals surface area contributed by atoms with E-state index in [0.717, 1.165) is 17.8 Å². The summed E-state index contributed by atoms with van der Waals surface area (Å²) < 4.78 is 55.1. The molecule has 0 saturated heterocycles. The number of benzene rings is 1. The van der Waals surface area contributed by atoms with Crippen LogP contribution in [0.3, 0.4) is 0 Å². The van der Waals surface area contributed by atoms with E-state index in [1.165, 1.54) is 6.20 Å². The van der Waals surface area contributed by atoms with E-state index in [9.17, 15) is 17.2 Å². The first-order chi connectivity index (χ1) is 16.1. The Labute approximate surface area is 199 Å². The molecular formula is C22H17ClF2N6O2S. The summed E-state index contributed by atoms with van der Waals surface area (Å²) in [7, 11) is -4.41. The molecule has 3 aromatic heterocycles. The Hall–Kier alpha value is -3.70. The van der Waals surface area contributed by atoms with Gasteiger partial charge in [-0.25, -0.2) is 37.1 Å². The Kier molecular flexibility index (Phi) is 6.40. The first-order valence-electron chi connectivity index (χ1n) is 9.80. The standard InChI is InChI=1S/C22H17ClF2N6O2S/c1-12-5-7-27-22(29-12)30-19-9-14(6-8-26-19)16-11-28-21(23)20(13(16)2)31-34(32,33)18-4-3-15(24)10-17(18)25/h3-11,31H,1-2H3,(H,26,27,29,30). The minimum Gasteiger partial charge on any atom is -0.309 e. The molecule has 34 heavy (non-hydrogen) atoms. The maximum Gasteiger partial charge on any atom is 0.264 e. The van der Waals surface area contributed by atoms with E-state index in [1.807, 2.05) is 6.92 Å². The number of halogens is 3. The number of rotatable bonds is 6. The van der Waals surface area contributed by atoms with Crippen LogP contribution in [0.15, 0.2) is 59.9 Å². The number of hydrogen-bond donors (Lipinski definition) is 2. The van der Waals surface area contributed by atoms with Gasteiger partial charge in [0.2, 0.25) is 5.95 Å². The van der Waals surface area contributed by atoms with Gasteiger partial charge >= 0.3 is 0 Å². The minimum absolute atomic E-state index is 0.0313. The van der Waals surface area contributed by atoms with Crippen molar-refractivity contribution >= 4 is 39.1 Å². The molecule has 4 aromatic rings. The van der Waals surface area contributed by atoms with E-state index in [1.54, 1.807) is 37.5 Å². The molecule has 0 spiro atoms. The Morgan fingerprint density at radius 1 is 0.971 bits per heavy atom. The fourth-order valence-corrected chi connectivity index (χ4v) is 4.64. The van der Waals surface area contributed by atoms with Crippen molar-refractivity contribution in [1.29, 1.82) is 0 Å². The van der Waals surface area contributed by atoms with Crippen molar-refractivity contribution in [3.8, 4) is 11.1 Å². The van der Waals surface area contributed by atoms with Crippen LogP contribution in [0, 0.1) is 25.5 Å². The van der Waals surface area contributed by atoms with Crippen molar-refractivity contribution in [2.75, 3.05) is 10.0 Å². The highest BCUT2D eigenvalue weighted by Crippen LogP contribution is 2.34. The van der Waals surface area contributed by atoms with Crippen LogP contribution in [0.5, 0.6) is 0 Å². The lowest BCUT2D eigenvalue weighted by Crippen LogP contribution is -2.16. The monoisotopic (exact) mass is 502 g/mol. The molecule has 0 aliphatic heterocycles. The lowest BCUT2D eigenvalue weighted by atomic mass is 10.0. The quantitative estimate of drug-likeness (QED) is 0.356. The second-order valence-electron chi connectivity index (χ2n) is 7.22. The predicted octanol–water partition coefficient (Wildman–Crippen LogP) is 5.03. The fourth-order valence-electron chi connectivity index (χ4n) is 3.15. The Balaban J connectivity index is 1.69. The molecule has 1 aromatic carbocycles. The number of aromatic nitrogens is 4. The second kappa shape index (κ2) is 9.27. The summed E-state index contributed by atoms with van der Waals surface area (Å²) in [5.74, 6) is -1.31. The highest BCUT2D eigenvalue weighted by atomic mass is 35.5. The zero-order chi connectivity index (χ0) is 24.5. The van der Waals surface area contributed by atoms with Gasteiger partial charge in [-0.05, 0) is 55.3 Å². The Bertz CT molecular complexity index is 1500. The van der Waals surface area contributed by atoms with Crippen LogP contribution in [0.4, 0.5) is 26.2 Å². The SMILES string of the molecule is Cc1ccnc(Nc2cc(-c3cnc(Cl)c(NS(=O)(=O)c4ccc(F)cc4F)c3C)ccn2)n1. The summed E-state index contributed by atoms with van der Waals surface area (Å²) in [5, 5.41) is 2.88. The summed E-state index contributed by atoms with van der Waals surface area (Å²) in [4.78, 5) is 16.0. The molecule has 0 saturated carbocycles. The van der Waals surface area contributed by atoms with Crippen molar-refractivity contribution in [2.24, 2.45) is 0 Å². The number of aryl methyl sites for hydroxylation is 1. The van der Waals surface area contributed by atoms with Gasteiger partial charge in [-0.15, -0.1) is 0 Å². The van der Waals surface area contributed by atoms with Crippen LogP contribution in [0.25, 0.3) is 11.1 Å². The van der Waals surface area contributed by atoms with Crippen LogP contribution in [0.1, 0.15) is 11.3 Å². The van der Waals surface area contributed by atoms with Crippen molar-refractivity contribution in [3.05, 3.63) is 83.0 Å². The molecule has 0 aliphatic rings. The van der Waals surface area contributed by atoms with Crippen LogP contribution >= 0.6 is 11.6 Å². The molecule has 0 radical (unpaired) electrons. The molecule has 4 rings (SSSR count). The zero-order valence-electron chi connectivity index (χ0n) is 17.8. The van der Waals surface area contributed by atoms with Crippen molar-refractivity contribution in [3.63, 3.8) is 0 Å². The zero-order valence-corrected chi connectivity index (χ0v) is 19.4. The first kappa shape index (κ1) is 23.5. The van der Waals surface area contributed by atoms with Crippen molar-refractivity contribution in [2.45, 2.75) is 18.7 Å². The van der Waals surface area contributed by atoms with E-state index in [4.69, 9.17) is 11.6 Å². The molecule has 0 unspecified atom stereocenters. The second-order valence-corrected chi connectivity index (χ2v) is 9.23. The highest BCUT2D eigenvalue weighted by molar-refractivity contribution is 7.92. The summed E-state index contributed by atoms with van der Waals surface area (Å²) in [6.45, 7) is 3.47. The molecule has 12 heteroatoms. The maximum absolute atomic E-state index is 14.1. The highest BCUT2D eigenvalue weighted by Gasteiger charge is 2.23. The smallest absolute Gasteiger partial charge is 0.264 e. The van der Waals surface area contributed by atoms with Crippen LogP contribution in [-0.2, 0) is 10.0 Å². The Morgan fingerprint density at radius 3 is 2.47 bits per heavy atom. The van der Waals surface area contributed by atoms with Gasteiger partial charge in [0.05, 0.1) is 5.69 Å². The lowest BCUT2D eigenvalue weighted by molar-refractivity contribution is 0.551. The normalized spacial score (nSPS) is 11.3. The summed E-state index contributed by atoms with van der Waals surface area (Å²) in [5.41, 5.74) is 2.39. The van der Waals surface area contributed by atoms with E-state index < -0.39 is 26.6 Å². The molecule has 0 fully saturated rings. The third-order valence-corrected chi connectivity index (χ3v) is 6.49. The van der Waals surface area contributed by atoms with Crippen molar-refractivity contribution < 1.29 is 17.2 Å². The van der Waals surface area contributed by atoms with Gasteiger partial charge in [0.15, 0.2) is 5.15 Å². The average Bonchev–Trinajstić information content (AvgIpc) is 2.76.